The highest BCUT2D eigenvalue weighted by molar-refractivity contribution is 9.10. The third-order valence-electron chi connectivity index (χ3n) is 2.70. The largest absolute Gasteiger partial charge is 0.481 e. The first-order valence-electron chi connectivity index (χ1n) is 4.98. The minimum absolute atomic E-state index is 0.0360. The van der Waals surface area contributed by atoms with E-state index < -0.39 is 11.9 Å². The molecule has 1 unspecified atom stereocenters. The van der Waals surface area contributed by atoms with Crippen LogP contribution in [-0.2, 0) is 9.59 Å². The van der Waals surface area contributed by atoms with E-state index in [2.05, 4.69) is 15.9 Å². The van der Waals surface area contributed by atoms with Crippen LogP contribution >= 0.6 is 27.5 Å². The monoisotopic (exact) mass is 317 g/mol. The van der Waals surface area contributed by atoms with Crippen molar-refractivity contribution in [3.63, 3.8) is 0 Å². The molecule has 1 amide bonds. The zero-order chi connectivity index (χ0) is 12.6. The number of anilines is 1. The molecule has 0 saturated carbocycles. The van der Waals surface area contributed by atoms with E-state index in [1.807, 2.05) is 0 Å². The van der Waals surface area contributed by atoms with Crippen molar-refractivity contribution in [3.8, 4) is 0 Å². The number of amides is 1. The van der Waals surface area contributed by atoms with Crippen molar-refractivity contribution >= 4 is 45.1 Å². The summed E-state index contributed by atoms with van der Waals surface area (Å²) in [6.07, 6.45) is 0.0360. The summed E-state index contributed by atoms with van der Waals surface area (Å²) in [5.74, 6) is -1.78. The highest BCUT2D eigenvalue weighted by Crippen LogP contribution is 2.35. The molecular formula is C11H9BrClNO3. The second-order valence-electron chi connectivity index (χ2n) is 3.82. The van der Waals surface area contributed by atoms with Crippen LogP contribution in [0.3, 0.4) is 0 Å². The molecule has 0 bridgehead atoms. The molecule has 1 saturated heterocycles. The van der Waals surface area contributed by atoms with Crippen molar-refractivity contribution in [2.45, 2.75) is 6.42 Å². The van der Waals surface area contributed by atoms with E-state index in [1.165, 1.54) is 4.90 Å². The molecule has 6 heteroatoms. The summed E-state index contributed by atoms with van der Waals surface area (Å²) in [5.41, 5.74) is 0.617. The van der Waals surface area contributed by atoms with Gasteiger partial charge in [0.1, 0.15) is 0 Å². The number of carboxylic acid groups (broad SMARTS) is 1. The molecule has 90 valence electrons. The molecule has 1 aromatic carbocycles. The van der Waals surface area contributed by atoms with E-state index in [0.717, 1.165) is 0 Å². The second kappa shape index (κ2) is 4.66. The second-order valence-corrected chi connectivity index (χ2v) is 5.02. The normalized spacial score (nSPS) is 19.8. The molecule has 1 aliphatic heterocycles. The SMILES string of the molecule is O=C(O)C1CC(=O)N(c2cccc(Cl)c2Br)C1. The summed E-state index contributed by atoms with van der Waals surface area (Å²) in [4.78, 5) is 24.1. The van der Waals surface area contributed by atoms with E-state index in [9.17, 15) is 9.59 Å². The fourth-order valence-electron chi connectivity index (χ4n) is 1.81. The number of carbonyl (C=O) groups is 2. The van der Waals surface area contributed by atoms with Gasteiger partial charge in [0, 0.05) is 13.0 Å². The van der Waals surface area contributed by atoms with Crippen molar-refractivity contribution in [1.82, 2.24) is 0 Å². The topological polar surface area (TPSA) is 57.6 Å². The average Bonchev–Trinajstić information content (AvgIpc) is 2.65. The molecule has 1 aliphatic rings. The molecule has 0 aliphatic carbocycles. The van der Waals surface area contributed by atoms with Crippen LogP contribution < -0.4 is 4.90 Å². The Morgan fingerprint density at radius 3 is 2.82 bits per heavy atom. The Hall–Kier alpha value is -1.07. The first-order chi connectivity index (χ1) is 8.00. The number of carboxylic acids is 1. The van der Waals surface area contributed by atoms with Crippen LogP contribution in [0.1, 0.15) is 6.42 Å². The van der Waals surface area contributed by atoms with Crippen LogP contribution in [0, 0.1) is 5.92 Å². The number of halogens is 2. The maximum absolute atomic E-state index is 11.8. The molecular weight excluding hydrogens is 309 g/mol. The van der Waals surface area contributed by atoms with Crippen LogP contribution in [0.25, 0.3) is 0 Å². The number of benzene rings is 1. The van der Waals surface area contributed by atoms with Gasteiger partial charge in [-0.3, -0.25) is 9.59 Å². The van der Waals surface area contributed by atoms with Gasteiger partial charge in [-0.05, 0) is 28.1 Å². The molecule has 1 aromatic rings. The Balaban J connectivity index is 2.32. The van der Waals surface area contributed by atoms with Gasteiger partial charge in [-0.15, -0.1) is 0 Å². The molecule has 2 rings (SSSR count). The Labute approximate surface area is 111 Å². The van der Waals surface area contributed by atoms with Gasteiger partial charge in [0.15, 0.2) is 0 Å². The van der Waals surface area contributed by atoms with Crippen molar-refractivity contribution in [3.05, 3.63) is 27.7 Å². The van der Waals surface area contributed by atoms with E-state index in [-0.39, 0.29) is 18.9 Å². The van der Waals surface area contributed by atoms with Crippen LogP contribution in [0.4, 0.5) is 5.69 Å². The summed E-state index contributed by atoms with van der Waals surface area (Å²) in [6.45, 7) is 0.188. The first kappa shape index (κ1) is 12.4. The predicted octanol–water partition coefficient (Wildman–Crippen LogP) is 2.54. The van der Waals surface area contributed by atoms with Gasteiger partial charge in [0.25, 0.3) is 0 Å². The minimum Gasteiger partial charge on any atom is -0.481 e. The molecule has 0 radical (unpaired) electrons. The summed E-state index contributed by atoms with van der Waals surface area (Å²) in [7, 11) is 0. The fourth-order valence-corrected chi connectivity index (χ4v) is 2.45. The first-order valence-corrected chi connectivity index (χ1v) is 6.15. The highest BCUT2D eigenvalue weighted by Gasteiger charge is 2.35. The van der Waals surface area contributed by atoms with Gasteiger partial charge in [-0.25, -0.2) is 0 Å². The zero-order valence-corrected chi connectivity index (χ0v) is 11.0. The standard InChI is InChI=1S/C11H9BrClNO3/c12-10-7(13)2-1-3-8(10)14-5-6(11(16)17)4-9(14)15/h1-3,6H,4-5H2,(H,16,17). The lowest BCUT2D eigenvalue weighted by molar-refractivity contribution is -0.141. The van der Waals surface area contributed by atoms with Crippen LogP contribution in [0.15, 0.2) is 22.7 Å². The predicted molar refractivity (Wildman–Crippen MR) is 67.2 cm³/mol. The van der Waals surface area contributed by atoms with E-state index in [4.69, 9.17) is 16.7 Å². The van der Waals surface area contributed by atoms with Crippen molar-refractivity contribution in [1.29, 1.82) is 0 Å². The Kier molecular flexibility index (Phi) is 3.40. The lowest BCUT2D eigenvalue weighted by Gasteiger charge is -2.18. The minimum atomic E-state index is -0.945. The van der Waals surface area contributed by atoms with E-state index in [1.54, 1.807) is 18.2 Å². The van der Waals surface area contributed by atoms with E-state index >= 15 is 0 Å². The number of rotatable bonds is 2. The number of carbonyl (C=O) groups excluding carboxylic acids is 1. The summed E-state index contributed by atoms with van der Waals surface area (Å²) in [6, 6.07) is 5.16. The summed E-state index contributed by atoms with van der Waals surface area (Å²) >= 11 is 9.24. The molecule has 1 fully saturated rings. The maximum Gasteiger partial charge on any atom is 0.308 e. The maximum atomic E-state index is 11.8. The van der Waals surface area contributed by atoms with Crippen molar-refractivity contribution in [2.24, 2.45) is 5.92 Å². The Morgan fingerprint density at radius 1 is 1.53 bits per heavy atom. The fraction of sp³-hybridized carbons (Fsp3) is 0.273. The number of hydrogen-bond acceptors (Lipinski definition) is 2. The molecule has 1 atom stereocenters. The lowest BCUT2D eigenvalue weighted by atomic mass is 10.1. The lowest BCUT2D eigenvalue weighted by Crippen LogP contribution is -2.26. The number of hydrogen-bond donors (Lipinski definition) is 1. The van der Waals surface area contributed by atoms with Gasteiger partial charge in [-0.1, -0.05) is 17.7 Å². The third-order valence-corrected chi connectivity index (χ3v) is 4.07. The van der Waals surface area contributed by atoms with Gasteiger partial charge in [0.05, 0.1) is 21.1 Å². The van der Waals surface area contributed by atoms with Gasteiger partial charge < -0.3 is 10.0 Å². The van der Waals surface area contributed by atoms with Crippen LogP contribution in [0.2, 0.25) is 5.02 Å². The number of aliphatic carboxylic acids is 1. The Bertz CT molecular complexity index is 492. The third kappa shape index (κ3) is 2.30. The average molecular weight is 319 g/mol. The zero-order valence-electron chi connectivity index (χ0n) is 8.69. The molecule has 0 spiro atoms. The number of nitrogens with zero attached hydrogens (tertiary/aromatic N) is 1. The molecule has 0 aromatic heterocycles. The quantitative estimate of drug-likeness (QED) is 0.911. The summed E-state index contributed by atoms with van der Waals surface area (Å²) in [5, 5.41) is 9.40. The Morgan fingerprint density at radius 2 is 2.24 bits per heavy atom. The van der Waals surface area contributed by atoms with E-state index in [0.29, 0.717) is 15.2 Å². The molecule has 17 heavy (non-hydrogen) atoms. The molecule has 1 N–H and O–H groups in total. The summed E-state index contributed by atoms with van der Waals surface area (Å²) < 4.78 is 0.612. The van der Waals surface area contributed by atoms with Crippen LogP contribution in [-0.4, -0.2) is 23.5 Å². The molecule has 1 heterocycles. The van der Waals surface area contributed by atoms with Gasteiger partial charge in [-0.2, -0.15) is 0 Å². The van der Waals surface area contributed by atoms with Gasteiger partial charge >= 0.3 is 5.97 Å². The van der Waals surface area contributed by atoms with Crippen LogP contribution in [0.5, 0.6) is 0 Å². The molecule has 4 nitrogen and oxygen atoms in total. The highest BCUT2D eigenvalue weighted by atomic mass is 79.9. The van der Waals surface area contributed by atoms with Gasteiger partial charge in [0.2, 0.25) is 5.91 Å². The van der Waals surface area contributed by atoms with Crippen molar-refractivity contribution in [2.75, 3.05) is 11.4 Å². The van der Waals surface area contributed by atoms with Crippen molar-refractivity contribution < 1.29 is 14.7 Å². The smallest absolute Gasteiger partial charge is 0.308 e.